The summed E-state index contributed by atoms with van der Waals surface area (Å²) < 4.78 is 1.41. The molecule has 0 unspecified atom stereocenters. The molecule has 0 aliphatic rings. The van der Waals surface area contributed by atoms with Crippen molar-refractivity contribution in [2.45, 2.75) is 46.7 Å². The van der Waals surface area contributed by atoms with Crippen molar-refractivity contribution >= 4 is 11.6 Å². The van der Waals surface area contributed by atoms with E-state index >= 15 is 0 Å². The first-order valence-corrected chi connectivity index (χ1v) is 8.20. The predicted octanol–water partition coefficient (Wildman–Crippen LogP) is 3.39. The van der Waals surface area contributed by atoms with Crippen molar-refractivity contribution < 1.29 is 9.72 Å². The summed E-state index contributed by atoms with van der Waals surface area (Å²) in [5.74, 6) is -0.110. The molecule has 2 aromatic rings. The Morgan fingerprint density at radius 3 is 2.60 bits per heavy atom. The lowest BCUT2D eigenvalue weighted by molar-refractivity contribution is -0.385. The third-order valence-electron chi connectivity index (χ3n) is 4.07. The Bertz CT molecular complexity index is 762. The Hall–Kier alpha value is -2.70. The maximum absolute atomic E-state index is 12.4. The van der Waals surface area contributed by atoms with Gasteiger partial charge in [0.05, 0.1) is 11.0 Å². The number of nitrogens with one attached hydrogen (secondary N) is 1. The van der Waals surface area contributed by atoms with Gasteiger partial charge in [0.25, 0.3) is 0 Å². The number of carbonyl (C=O) groups excluding carboxylic acids is 1. The third kappa shape index (κ3) is 4.89. The first kappa shape index (κ1) is 18.6. The van der Waals surface area contributed by atoms with Gasteiger partial charge in [0.1, 0.15) is 12.4 Å². The Morgan fingerprint density at radius 2 is 2.04 bits per heavy atom. The average molecular weight is 344 g/mol. The van der Waals surface area contributed by atoms with Gasteiger partial charge in [0.2, 0.25) is 5.91 Å². The summed E-state index contributed by atoms with van der Waals surface area (Å²) in [5.41, 5.74) is 2.00. The Kier molecular flexibility index (Phi) is 5.56. The fourth-order valence-electron chi connectivity index (χ4n) is 2.69. The molecular formula is C18H24N4O3. The molecule has 0 fully saturated rings. The number of rotatable bonds is 6. The minimum Gasteiger partial charge on any atom is -0.349 e. The molecule has 1 atom stereocenters. The lowest BCUT2D eigenvalue weighted by Crippen LogP contribution is -2.37. The van der Waals surface area contributed by atoms with Gasteiger partial charge < -0.3 is 5.32 Å². The van der Waals surface area contributed by atoms with Crippen molar-refractivity contribution in [2.24, 2.45) is 5.41 Å². The first-order valence-electron chi connectivity index (χ1n) is 8.20. The topological polar surface area (TPSA) is 90.1 Å². The molecule has 0 spiro atoms. The summed E-state index contributed by atoms with van der Waals surface area (Å²) in [7, 11) is 0. The van der Waals surface area contributed by atoms with Crippen LogP contribution in [0.4, 0.5) is 5.69 Å². The number of hydrogen-bond donors (Lipinski definition) is 1. The molecule has 0 aliphatic carbocycles. The zero-order valence-corrected chi connectivity index (χ0v) is 15.0. The van der Waals surface area contributed by atoms with Gasteiger partial charge in [-0.2, -0.15) is 5.10 Å². The van der Waals surface area contributed by atoms with E-state index in [1.807, 2.05) is 31.2 Å². The van der Waals surface area contributed by atoms with Crippen molar-refractivity contribution in [1.29, 1.82) is 0 Å². The van der Waals surface area contributed by atoms with Crippen LogP contribution in [0.25, 0.3) is 0 Å². The second-order valence-corrected chi connectivity index (χ2v) is 7.19. The smallest absolute Gasteiger partial charge is 0.306 e. The Morgan fingerprint density at radius 1 is 1.36 bits per heavy atom. The van der Waals surface area contributed by atoms with Crippen LogP contribution in [-0.4, -0.2) is 20.6 Å². The first-order chi connectivity index (χ1) is 11.7. The van der Waals surface area contributed by atoms with Crippen molar-refractivity contribution in [3.05, 3.63) is 57.9 Å². The SMILES string of the molecule is Cc1ccccc1[C@H](NC(=O)CCn1cc([N+](=O)[O-])cn1)C(C)(C)C. The molecule has 0 aliphatic heterocycles. The van der Waals surface area contributed by atoms with Crippen LogP contribution in [0.1, 0.15) is 44.4 Å². The summed E-state index contributed by atoms with van der Waals surface area (Å²) >= 11 is 0. The van der Waals surface area contributed by atoms with E-state index in [9.17, 15) is 14.9 Å². The van der Waals surface area contributed by atoms with E-state index in [0.717, 1.165) is 11.1 Å². The highest BCUT2D eigenvalue weighted by Gasteiger charge is 2.28. The molecular weight excluding hydrogens is 320 g/mol. The van der Waals surface area contributed by atoms with Gasteiger partial charge >= 0.3 is 5.69 Å². The number of carbonyl (C=O) groups is 1. The van der Waals surface area contributed by atoms with E-state index in [4.69, 9.17) is 0 Å². The van der Waals surface area contributed by atoms with Crippen molar-refractivity contribution in [1.82, 2.24) is 15.1 Å². The zero-order chi connectivity index (χ0) is 18.6. The normalized spacial score (nSPS) is 12.6. The van der Waals surface area contributed by atoms with Gasteiger partial charge in [-0.3, -0.25) is 19.6 Å². The van der Waals surface area contributed by atoms with Crippen LogP contribution in [0.2, 0.25) is 0 Å². The quantitative estimate of drug-likeness (QED) is 0.642. The molecule has 25 heavy (non-hydrogen) atoms. The summed E-state index contributed by atoms with van der Waals surface area (Å²) in [5, 5.41) is 17.7. The highest BCUT2D eigenvalue weighted by Crippen LogP contribution is 2.34. The fourth-order valence-corrected chi connectivity index (χ4v) is 2.69. The van der Waals surface area contributed by atoms with Crippen LogP contribution < -0.4 is 5.32 Å². The molecule has 1 aromatic carbocycles. The molecule has 0 saturated heterocycles. The molecule has 1 N–H and O–H groups in total. The van der Waals surface area contributed by atoms with Crippen molar-refractivity contribution in [3.8, 4) is 0 Å². The second-order valence-electron chi connectivity index (χ2n) is 7.19. The van der Waals surface area contributed by atoms with E-state index in [0.29, 0.717) is 6.54 Å². The highest BCUT2D eigenvalue weighted by molar-refractivity contribution is 5.76. The number of nitro groups is 1. The standard InChI is InChI=1S/C18H24N4O3/c1-13-7-5-6-8-15(13)17(18(2,3)4)20-16(23)9-10-21-12-14(11-19-21)22(24)25/h5-8,11-12,17H,9-10H2,1-4H3,(H,20,23)/t17-/m0/s1. The van der Waals surface area contributed by atoms with Crippen LogP contribution in [0.5, 0.6) is 0 Å². The Labute approximate surface area is 147 Å². The van der Waals surface area contributed by atoms with Crippen molar-refractivity contribution in [2.75, 3.05) is 0 Å². The van der Waals surface area contributed by atoms with E-state index in [2.05, 4.69) is 31.2 Å². The summed E-state index contributed by atoms with van der Waals surface area (Å²) in [6, 6.07) is 7.89. The van der Waals surface area contributed by atoms with Gasteiger partial charge in [-0.1, -0.05) is 45.0 Å². The predicted molar refractivity (Wildman–Crippen MR) is 95.0 cm³/mol. The lowest BCUT2D eigenvalue weighted by atomic mass is 9.81. The molecule has 0 saturated carbocycles. The Balaban J connectivity index is 2.04. The summed E-state index contributed by atoms with van der Waals surface area (Å²) in [6.07, 6.45) is 2.72. The van der Waals surface area contributed by atoms with Gasteiger partial charge in [0.15, 0.2) is 0 Å². The molecule has 7 nitrogen and oxygen atoms in total. The number of aryl methyl sites for hydroxylation is 2. The minimum absolute atomic E-state index is 0.0760. The minimum atomic E-state index is -0.503. The molecule has 0 bridgehead atoms. The molecule has 1 amide bonds. The van der Waals surface area contributed by atoms with E-state index in [1.54, 1.807) is 0 Å². The van der Waals surface area contributed by atoms with Gasteiger partial charge in [0, 0.05) is 13.0 Å². The van der Waals surface area contributed by atoms with Gasteiger partial charge in [-0.15, -0.1) is 0 Å². The molecule has 1 aromatic heterocycles. The van der Waals surface area contributed by atoms with Crippen LogP contribution in [0.15, 0.2) is 36.7 Å². The van der Waals surface area contributed by atoms with E-state index < -0.39 is 4.92 Å². The molecule has 0 radical (unpaired) electrons. The number of amides is 1. The highest BCUT2D eigenvalue weighted by atomic mass is 16.6. The average Bonchev–Trinajstić information content (AvgIpc) is 3.00. The van der Waals surface area contributed by atoms with E-state index in [-0.39, 0.29) is 29.5 Å². The largest absolute Gasteiger partial charge is 0.349 e. The van der Waals surface area contributed by atoms with Gasteiger partial charge in [-0.05, 0) is 23.5 Å². The monoisotopic (exact) mass is 344 g/mol. The summed E-state index contributed by atoms with van der Waals surface area (Å²) in [6.45, 7) is 8.58. The maximum Gasteiger partial charge on any atom is 0.306 e. The van der Waals surface area contributed by atoms with Gasteiger partial charge in [-0.25, -0.2) is 0 Å². The van der Waals surface area contributed by atoms with Crippen LogP contribution in [0, 0.1) is 22.5 Å². The lowest BCUT2D eigenvalue weighted by Gasteiger charge is -2.33. The fraction of sp³-hybridized carbons (Fsp3) is 0.444. The van der Waals surface area contributed by atoms with Crippen LogP contribution in [-0.2, 0) is 11.3 Å². The van der Waals surface area contributed by atoms with E-state index in [1.165, 1.54) is 17.1 Å². The van der Waals surface area contributed by atoms with Crippen LogP contribution >= 0.6 is 0 Å². The molecule has 134 valence electrons. The number of hydrogen-bond acceptors (Lipinski definition) is 4. The third-order valence-corrected chi connectivity index (χ3v) is 4.07. The van der Waals surface area contributed by atoms with Crippen molar-refractivity contribution in [3.63, 3.8) is 0 Å². The number of nitrogens with zero attached hydrogens (tertiary/aromatic N) is 3. The molecule has 2 rings (SSSR count). The second kappa shape index (κ2) is 7.46. The number of benzene rings is 1. The maximum atomic E-state index is 12.4. The van der Waals surface area contributed by atoms with Crippen LogP contribution in [0.3, 0.4) is 0 Å². The zero-order valence-electron chi connectivity index (χ0n) is 15.0. The number of aromatic nitrogens is 2. The molecule has 1 heterocycles. The molecule has 7 heteroatoms. The summed E-state index contributed by atoms with van der Waals surface area (Å²) in [4.78, 5) is 22.6.